The van der Waals surface area contributed by atoms with Crippen LogP contribution < -0.4 is 9.46 Å². The van der Waals surface area contributed by atoms with Gasteiger partial charge in [-0.2, -0.15) is 5.10 Å². The average molecular weight is 348 g/mol. The number of pyridine rings is 1. The van der Waals surface area contributed by atoms with Crippen LogP contribution in [-0.2, 0) is 10.0 Å². The maximum atomic E-state index is 13.7. The van der Waals surface area contributed by atoms with Crippen LogP contribution >= 0.6 is 0 Å². The Kier molecular flexibility index (Phi) is 4.17. The highest BCUT2D eigenvalue weighted by Crippen LogP contribution is 2.24. The van der Waals surface area contributed by atoms with E-state index in [2.05, 4.69) is 19.9 Å². The van der Waals surface area contributed by atoms with Crippen molar-refractivity contribution in [2.75, 3.05) is 11.8 Å². The summed E-state index contributed by atoms with van der Waals surface area (Å²) < 4.78 is 45.4. The summed E-state index contributed by atoms with van der Waals surface area (Å²) in [5, 5.41) is 6.63. The van der Waals surface area contributed by atoms with Crippen LogP contribution in [0, 0.1) is 5.82 Å². The number of nitrogens with one attached hydrogen (secondary N) is 2. The molecule has 0 saturated carbocycles. The highest BCUT2D eigenvalue weighted by molar-refractivity contribution is 7.92. The van der Waals surface area contributed by atoms with Gasteiger partial charge < -0.3 is 4.74 Å². The van der Waals surface area contributed by atoms with Crippen LogP contribution in [0.1, 0.15) is 0 Å². The van der Waals surface area contributed by atoms with Gasteiger partial charge in [-0.1, -0.05) is 0 Å². The van der Waals surface area contributed by atoms with Crippen molar-refractivity contribution < 1.29 is 17.5 Å². The van der Waals surface area contributed by atoms with E-state index in [1.54, 1.807) is 24.5 Å². The topological polar surface area (TPSA) is 97.0 Å². The summed E-state index contributed by atoms with van der Waals surface area (Å²) in [5.41, 5.74) is 1.43. The maximum Gasteiger partial charge on any atom is 0.263 e. The Morgan fingerprint density at radius 2 is 1.92 bits per heavy atom. The summed E-state index contributed by atoms with van der Waals surface area (Å²) in [6, 6.07) is 8.43. The fraction of sp³-hybridized carbons (Fsp3) is 0.0667. The molecule has 0 amide bonds. The number of hydrogen-bond acceptors (Lipinski definition) is 5. The van der Waals surface area contributed by atoms with E-state index in [4.69, 9.17) is 4.74 Å². The fourth-order valence-corrected chi connectivity index (χ4v) is 3.07. The smallest absolute Gasteiger partial charge is 0.263 e. The van der Waals surface area contributed by atoms with Crippen molar-refractivity contribution in [3.05, 3.63) is 54.6 Å². The molecule has 124 valence electrons. The first kappa shape index (κ1) is 15.9. The molecule has 3 aromatic rings. The lowest BCUT2D eigenvalue weighted by molar-refractivity contribution is 0.385. The van der Waals surface area contributed by atoms with Gasteiger partial charge in [-0.15, -0.1) is 0 Å². The monoisotopic (exact) mass is 348 g/mol. The molecular formula is C15H13FN4O3S. The predicted octanol–water partition coefficient (Wildman–Crippen LogP) is 2.42. The van der Waals surface area contributed by atoms with Crippen molar-refractivity contribution in [2.24, 2.45) is 0 Å². The second-order valence-electron chi connectivity index (χ2n) is 4.80. The SMILES string of the molecule is COc1ccc(S(=O)(=O)Nc2cc(-c3ccncc3)[nH]n2)cc1F. The van der Waals surface area contributed by atoms with Crippen molar-refractivity contribution in [3.8, 4) is 17.0 Å². The number of halogens is 1. The third-order valence-corrected chi connectivity index (χ3v) is 4.59. The van der Waals surface area contributed by atoms with Crippen LogP contribution in [0.4, 0.5) is 10.2 Å². The van der Waals surface area contributed by atoms with Crippen LogP contribution in [-0.4, -0.2) is 30.7 Å². The quantitative estimate of drug-likeness (QED) is 0.738. The van der Waals surface area contributed by atoms with E-state index in [0.29, 0.717) is 5.69 Å². The molecule has 3 rings (SSSR count). The number of hydrogen-bond donors (Lipinski definition) is 2. The van der Waals surface area contributed by atoms with Gasteiger partial charge in [0.1, 0.15) is 0 Å². The summed E-state index contributed by atoms with van der Waals surface area (Å²) in [7, 11) is -2.67. The molecule has 0 aliphatic carbocycles. The molecule has 1 aromatic carbocycles. The van der Waals surface area contributed by atoms with Gasteiger partial charge in [-0.3, -0.25) is 14.8 Å². The van der Waals surface area contributed by atoms with E-state index in [-0.39, 0.29) is 16.5 Å². The van der Waals surface area contributed by atoms with Crippen LogP contribution in [0.25, 0.3) is 11.3 Å². The van der Waals surface area contributed by atoms with Crippen LogP contribution in [0.3, 0.4) is 0 Å². The molecule has 0 radical (unpaired) electrons. The predicted molar refractivity (Wildman–Crippen MR) is 85.6 cm³/mol. The third-order valence-electron chi connectivity index (χ3n) is 3.24. The lowest BCUT2D eigenvalue weighted by Gasteiger charge is -2.07. The zero-order valence-electron chi connectivity index (χ0n) is 12.5. The lowest BCUT2D eigenvalue weighted by atomic mass is 10.2. The van der Waals surface area contributed by atoms with Gasteiger partial charge in [0, 0.05) is 24.0 Å². The molecule has 0 aliphatic heterocycles. The van der Waals surface area contributed by atoms with Gasteiger partial charge in [0.25, 0.3) is 10.0 Å². The Morgan fingerprint density at radius 3 is 2.58 bits per heavy atom. The van der Waals surface area contributed by atoms with Gasteiger partial charge in [0.2, 0.25) is 0 Å². The molecule has 0 aliphatic rings. The summed E-state index contributed by atoms with van der Waals surface area (Å²) >= 11 is 0. The van der Waals surface area contributed by atoms with Crippen molar-refractivity contribution >= 4 is 15.8 Å². The molecule has 0 fully saturated rings. The van der Waals surface area contributed by atoms with Gasteiger partial charge >= 0.3 is 0 Å². The number of aromatic amines is 1. The van der Waals surface area contributed by atoms with E-state index >= 15 is 0 Å². The first-order valence-corrected chi connectivity index (χ1v) is 8.30. The first-order valence-electron chi connectivity index (χ1n) is 6.82. The number of H-pyrrole nitrogens is 1. The Bertz CT molecular complexity index is 958. The minimum atomic E-state index is -3.97. The second-order valence-corrected chi connectivity index (χ2v) is 6.49. The number of nitrogens with zero attached hydrogens (tertiary/aromatic N) is 2. The fourth-order valence-electron chi connectivity index (χ4n) is 2.06. The Hall–Kier alpha value is -2.94. The average Bonchev–Trinajstić information content (AvgIpc) is 3.03. The first-order chi connectivity index (χ1) is 11.5. The van der Waals surface area contributed by atoms with Gasteiger partial charge in [-0.05, 0) is 30.3 Å². The van der Waals surface area contributed by atoms with E-state index in [1.165, 1.54) is 25.3 Å². The van der Waals surface area contributed by atoms with E-state index in [0.717, 1.165) is 11.6 Å². The molecule has 7 nitrogen and oxygen atoms in total. The molecule has 0 unspecified atom stereocenters. The number of ether oxygens (including phenoxy) is 1. The van der Waals surface area contributed by atoms with E-state index in [1.807, 2.05) is 0 Å². The highest BCUT2D eigenvalue weighted by Gasteiger charge is 2.18. The molecule has 0 atom stereocenters. The largest absolute Gasteiger partial charge is 0.494 e. The van der Waals surface area contributed by atoms with Gasteiger partial charge in [-0.25, -0.2) is 12.8 Å². The Morgan fingerprint density at radius 1 is 1.17 bits per heavy atom. The van der Waals surface area contributed by atoms with Crippen LogP contribution in [0.5, 0.6) is 5.75 Å². The maximum absolute atomic E-state index is 13.7. The third kappa shape index (κ3) is 3.20. The number of sulfonamides is 1. The molecule has 2 N–H and O–H groups in total. The molecular weight excluding hydrogens is 335 g/mol. The van der Waals surface area contributed by atoms with Crippen molar-refractivity contribution in [1.29, 1.82) is 0 Å². The van der Waals surface area contributed by atoms with Gasteiger partial charge in [0.05, 0.1) is 17.7 Å². The Balaban J connectivity index is 1.85. The van der Waals surface area contributed by atoms with Gasteiger partial charge in [0.15, 0.2) is 17.4 Å². The van der Waals surface area contributed by atoms with Crippen LogP contribution in [0.2, 0.25) is 0 Å². The standard InChI is InChI=1S/C15H13FN4O3S/c1-23-14-3-2-11(8-12(14)16)24(21,22)20-15-9-13(18-19-15)10-4-6-17-7-5-10/h2-9H,1H3,(H2,18,19,20). The minimum Gasteiger partial charge on any atom is -0.494 e. The highest BCUT2D eigenvalue weighted by atomic mass is 32.2. The number of aromatic nitrogens is 3. The number of methoxy groups -OCH3 is 1. The Labute approximate surface area is 137 Å². The normalized spacial score (nSPS) is 11.2. The van der Waals surface area contributed by atoms with Crippen molar-refractivity contribution in [1.82, 2.24) is 15.2 Å². The molecule has 0 saturated heterocycles. The molecule has 9 heteroatoms. The molecule has 0 spiro atoms. The van der Waals surface area contributed by atoms with Crippen molar-refractivity contribution in [3.63, 3.8) is 0 Å². The second kappa shape index (κ2) is 6.28. The number of rotatable bonds is 5. The molecule has 24 heavy (non-hydrogen) atoms. The lowest BCUT2D eigenvalue weighted by Crippen LogP contribution is -2.13. The summed E-state index contributed by atoms with van der Waals surface area (Å²) in [5.74, 6) is -0.702. The minimum absolute atomic E-state index is 0.0336. The summed E-state index contributed by atoms with van der Waals surface area (Å²) in [4.78, 5) is 3.68. The molecule has 2 aromatic heterocycles. The van der Waals surface area contributed by atoms with E-state index in [9.17, 15) is 12.8 Å². The zero-order chi connectivity index (χ0) is 17.2. The zero-order valence-corrected chi connectivity index (χ0v) is 13.3. The van der Waals surface area contributed by atoms with Crippen molar-refractivity contribution in [2.45, 2.75) is 4.90 Å². The summed E-state index contributed by atoms with van der Waals surface area (Å²) in [6.07, 6.45) is 3.22. The summed E-state index contributed by atoms with van der Waals surface area (Å²) in [6.45, 7) is 0. The molecule has 2 heterocycles. The van der Waals surface area contributed by atoms with E-state index < -0.39 is 15.8 Å². The van der Waals surface area contributed by atoms with Crippen LogP contribution in [0.15, 0.2) is 53.7 Å². The number of benzene rings is 1. The molecule has 0 bridgehead atoms. The number of anilines is 1.